The van der Waals surface area contributed by atoms with Crippen molar-refractivity contribution in [1.82, 2.24) is 0 Å². The molecule has 1 N–H and O–H groups in total. The number of ether oxygens (including phenoxy) is 2. The number of hydrogen-bond acceptors (Lipinski definition) is 4. The molecule has 0 heterocycles. The van der Waals surface area contributed by atoms with Gasteiger partial charge in [0.05, 0.1) is 25.4 Å². The molecule has 1 rings (SSSR count). The molecule has 0 radical (unpaired) electrons. The quantitative estimate of drug-likeness (QED) is 0.536. The fraction of sp³-hybridized carbons (Fsp3) is 0.364. The second-order valence-electron chi connectivity index (χ2n) is 2.84. The molecule has 0 saturated carbocycles. The van der Waals surface area contributed by atoms with Crippen molar-refractivity contribution >= 4 is 6.29 Å². The van der Waals surface area contributed by atoms with E-state index in [1.165, 1.54) is 0 Å². The predicted molar refractivity (Wildman–Crippen MR) is 55.2 cm³/mol. The van der Waals surface area contributed by atoms with Crippen LogP contribution in [0.15, 0.2) is 24.3 Å². The molecular weight excluding hydrogens is 196 g/mol. The van der Waals surface area contributed by atoms with E-state index in [1.54, 1.807) is 24.3 Å². The van der Waals surface area contributed by atoms with Crippen molar-refractivity contribution in [2.75, 3.05) is 26.4 Å². The Morgan fingerprint density at radius 1 is 1.20 bits per heavy atom. The third kappa shape index (κ3) is 4.10. The Morgan fingerprint density at radius 3 is 2.73 bits per heavy atom. The number of hydrogen-bond donors (Lipinski definition) is 1. The number of rotatable bonds is 7. The Morgan fingerprint density at radius 2 is 2.00 bits per heavy atom. The number of aliphatic hydroxyl groups excluding tert-OH is 1. The van der Waals surface area contributed by atoms with Gasteiger partial charge in [0, 0.05) is 0 Å². The van der Waals surface area contributed by atoms with Gasteiger partial charge in [0.25, 0.3) is 0 Å². The Balaban J connectivity index is 2.33. The highest BCUT2D eigenvalue weighted by molar-refractivity contribution is 5.79. The maximum atomic E-state index is 10.6. The largest absolute Gasteiger partial charge is 0.490 e. The average molecular weight is 210 g/mol. The fourth-order valence-electron chi connectivity index (χ4n) is 1.09. The lowest BCUT2D eigenvalue weighted by molar-refractivity contribution is 0.0702. The molecule has 0 aliphatic heterocycles. The summed E-state index contributed by atoms with van der Waals surface area (Å²) < 4.78 is 10.4. The van der Waals surface area contributed by atoms with Gasteiger partial charge in [-0.05, 0) is 12.1 Å². The third-order valence-electron chi connectivity index (χ3n) is 1.77. The first-order chi connectivity index (χ1) is 7.38. The molecule has 0 fully saturated rings. The zero-order valence-electron chi connectivity index (χ0n) is 8.39. The molecule has 0 saturated heterocycles. The van der Waals surface area contributed by atoms with Gasteiger partial charge >= 0.3 is 0 Å². The summed E-state index contributed by atoms with van der Waals surface area (Å²) in [6, 6.07) is 7.00. The summed E-state index contributed by atoms with van der Waals surface area (Å²) in [5.74, 6) is 0.556. The van der Waals surface area contributed by atoms with Crippen LogP contribution in [0.25, 0.3) is 0 Å². The Labute approximate surface area is 88.4 Å². The van der Waals surface area contributed by atoms with Gasteiger partial charge in [-0.25, -0.2) is 0 Å². The van der Waals surface area contributed by atoms with Gasteiger partial charge in [-0.3, -0.25) is 4.79 Å². The molecule has 4 heteroatoms. The normalized spacial score (nSPS) is 9.93. The molecule has 0 aromatic heterocycles. The van der Waals surface area contributed by atoms with Gasteiger partial charge in [-0.15, -0.1) is 0 Å². The van der Waals surface area contributed by atoms with Crippen LogP contribution in [0.2, 0.25) is 0 Å². The van der Waals surface area contributed by atoms with E-state index in [9.17, 15) is 4.79 Å². The average Bonchev–Trinajstić information content (AvgIpc) is 2.29. The van der Waals surface area contributed by atoms with Crippen molar-refractivity contribution in [3.8, 4) is 5.75 Å². The van der Waals surface area contributed by atoms with Gasteiger partial charge in [0.2, 0.25) is 0 Å². The van der Waals surface area contributed by atoms with E-state index in [4.69, 9.17) is 14.6 Å². The molecule has 0 atom stereocenters. The number of benzene rings is 1. The van der Waals surface area contributed by atoms with E-state index in [0.29, 0.717) is 31.1 Å². The lowest BCUT2D eigenvalue weighted by Gasteiger charge is -2.07. The molecule has 0 bridgehead atoms. The van der Waals surface area contributed by atoms with Crippen LogP contribution in [0.3, 0.4) is 0 Å². The van der Waals surface area contributed by atoms with Crippen molar-refractivity contribution in [2.24, 2.45) is 0 Å². The van der Waals surface area contributed by atoms with Crippen LogP contribution in [0.4, 0.5) is 0 Å². The minimum Gasteiger partial charge on any atom is -0.490 e. The van der Waals surface area contributed by atoms with Crippen LogP contribution in [0.5, 0.6) is 5.75 Å². The van der Waals surface area contributed by atoms with E-state index in [-0.39, 0.29) is 6.61 Å². The highest BCUT2D eigenvalue weighted by Gasteiger charge is 2.00. The fourth-order valence-corrected chi connectivity index (χ4v) is 1.09. The van der Waals surface area contributed by atoms with Crippen molar-refractivity contribution in [2.45, 2.75) is 0 Å². The Bertz CT molecular complexity index is 298. The first-order valence-corrected chi connectivity index (χ1v) is 4.74. The van der Waals surface area contributed by atoms with Gasteiger partial charge in [-0.2, -0.15) is 0 Å². The van der Waals surface area contributed by atoms with E-state index in [0.717, 1.165) is 6.29 Å². The monoisotopic (exact) mass is 210 g/mol. The second kappa shape index (κ2) is 6.98. The van der Waals surface area contributed by atoms with Crippen molar-refractivity contribution < 1.29 is 19.4 Å². The first-order valence-electron chi connectivity index (χ1n) is 4.74. The molecule has 1 aromatic rings. The van der Waals surface area contributed by atoms with Gasteiger partial charge in [0.1, 0.15) is 12.4 Å². The molecule has 4 nitrogen and oxygen atoms in total. The van der Waals surface area contributed by atoms with Crippen molar-refractivity contribution in [1.29, 1.82) is 0 Å². The maximum Gasteiger partial charge on any atom is 0.153 e. The summed E-state index contributed by atoms with van der Waals surface area (Å²) in [4.78, 5) is 10.6. The maximum absolute atomic E-state index is 10.6. The molecule has 82 valence electrons. The number of carbonyl (C=O) groups is 1. The van der Waals surface area contributed by atoms with E-state index in [2.05, 4.69) is 0 Å². The molecule has 0 spiro atoms. The number of aliphatic hydroxyl groups is 1. The zero-order valence-corrected chi connectivity index (χ0v) is 8.39. The lowest BCUT2D eigenvalue weighted by Crippen LogP contribution is -2.09. The van der Waals surface area contributed by atoms with Crippen LogP contribution in [-0.4, -0.2) is 37.8 Å². The molecule has 0 amide bonds. The summed E-state index contributed by atoms with van der Waals surface area (Å²) in [6.07, 6.45) is 0.754. The minimum absolute atomic E-state index is 0.00489. The van der Waals surface area contributed by atoms with Crippen molar-refractivity contribution in [3.05, 3.63) is 29.8 Å². The van der Waals surface area contributed by atoms with E-state index < -0.39 is 0 Å². The van der Waals surface area contributed by atoms with Gasteiger partial charge in [0.15, 0.2) is 6.29 Å². The number of carbonyl (C=O) groups excluding carboxylic acids is 1. The second-order valence-corrected chi connectivity index (χ2v) is 2.84. The molecule has 0 aliphatic rings. The van der Waals surface area contributed by atoms with Crippen LogP contribution < -0.4 is 4.74 Å². The van der Waals surface area contributed by atoms with Crippen LogP contribution in [0.1, 0.15) is 10.4 Å². The zero-order chi connectivity index (χ0) is 10.9. The predicted octanol–water partition coefficient (Wildman–Crippen LogP) is 0.887. The van der Waals surface area contributed by atoms with E-state index in [1.807, 2.05) is 0 Å². The summed E-state index contributed by atoms with van der Waals surface area (Å²) in [7, 11) is 0. The molecule has 1 aromatic carbocycles. The van der Waals surface area contributed by atoms with E-state index >= 15 is 0 Å². The topological polar surface area (TPSA) is 55.8 Å². The summed E-state index contributed by atoms with van der Waals surface area (Å²) in [5.41, 5.74) is 0.527. The Hall–Kier alpha value is -1.39. The third-order valence-corrected chi connectivity index (χ3v) is 1.77. The standard InChI is InChI=1S/C11H14O4/c12-5-6-14-7-8-15-11-4-2-1-3-10(11)9-13/h1-4,9,12H,5-8H2. The number of aldehydes is 1. The molecule has 15 heavy (non-hydrogen) atoms. The van der Waals surface area contributed by atoms with Gasteiger partial charge in [-0.1, -0.05) is 12.1 Å². The SMILES string of the molecule is O=Cc1ccccc1OCCOCCO. The molecule has 0 aliphatic carbocycles. The summed E-state index contributed by atoms with van der Waals surface area (Å²) >= 11 is 0. The van der Waals surface area contributed by atoms with Gasteiger partial charge < -0.3 is 14.6 Å². The van der Waals surface area contributed by atoms with Crippen molar-refractivity contribution in [3.63, 3.8) is 0 Å². The minimum atomic E-state index is 0.00489. The highest BCUT2D eigenvalue weighted by Crippen LogP contribution is 2.15. The van der Waals surface area contributed by atoms with Crippen LogP contribution in [0, 0.1) is 0 Å². The highest BCUT2D eigenvalue weighted by atomic mass is 16.5. The molecular formula is C11H14O4. The summed E-state index contributed by atoms with van der Waals surface area (Å²) in [5, 5.41) is 8.45. The van der Waals surface area contributed by atoms with Crippen LogP contribution in [-0.2, 0) is 4.74 Å². The first kappa shape index (κ1) is 11.7. The lowest BCUT2D eigenvalue weighted by atomic mass is 10.2. The number of para-hydroxylation sites is 1. The van der Waals surface area contributed by atoms with Crippen LogP contribution >= 0.6 is 0 Å². The smallest absolute Gasteiger partial charge is 0.153 e. The molecule has 0 unspecified atom stereocenters. The summed E-state index contributed by atoms with van der Waals surface area (Å²) in [6.45, 7) is 1.07. The Kier molecular flexibility index (Phi) is 5.43.